The van der Waals surface area contributed by atoms with E-state index in [1.165, 1.54) is 6.07 Å². The third-order valence-corrected chi connectivity index (χ3v) is 3.49. The van der Waals surface area contributed by atoms with Gasteiger partial charge in [-0.1, -0.05) is 39.7 Å². The number of hydrogen-bond donors (Lipinski definition) is 1. The smallest absolute Gasteiger partial charge is 0.141 e. The van der Waals surface area contributed by atoms with E-state index in [1.807, 2.05) is 31.2 Å². The monoisotopic (exact) mass is 327 g/mol. The van der Waals surface area contributed by atoms with Gasteiger partial charge in [0.05, 0.1) is 5.02 Å². The van der Waals surface area contributed by atoms with Gasteiger partial charge in [0.1, 0.15) is 5.82 Å². The van der Waals surface area contributed by atoms with Crippen molar-refractivity contribution in [3.63, 3.8) is 0 Å². The molecule has 0 fully saturated rings. The van der Waals surface area contributed by atoms with E-state index in [0.717, 1.165) is 15.7 Å². The number of benzene rings is 2. The molecule has 2 rings (SSSR count). The Hall–Kier alpha value is -1.06. The summed E-state index contributed by atoms with van der Waals surface area (Å²) in [6.07, 6.45) is 0. The molecule has 0 radical (unpaired) electrons. The third-order valence-electron chi connectivity index (χ3n) is 2.67. The number of nitrogens with one attached hydrogen (secondary N) is 1. The van der Waals surface area contributed by atoms with Crippen molar-refractivity contribution in [2.24, 2.45) is 0 Å². The van der Waals surface area contributed by atoms with Crippen molar-refractivity contribution in [1.29, 1.82) is 0 Å². The van der Waals surface area contributed by atoms with Gasteiger partial charge in [-0.05, 0) is 42.8 Å². The summed E-state index contributed by atoms with van der Waals surface area (Å²) >= 11 is 9.14. The number of halogens is 3. The molecule has 1 N–H and O–H groups in total. The van der Waals surface area contributed by atoms with Crippen molar-refractivity contribution in [3.05, 3.63) is 63.3 Å². The van der Waals surface area contributed by atoms with E-state index in [0.29, 0.717) is 0 Å². The molecule has 0 aliphatic heterocycles. The van der Waals surface area contributed by atoms with E-state index in [-0.39, 0.29) is 11.1 Å². The van der Waals surface area contributed by atoms with Gasteiger partial charge in [0.15, 0.2) is 0 Å². The Morgan fingerprint density at radius 3 is 2.44 bits per heavy atom. The van der Waals surface area contributed by atoms with E-state index >= 15 is 0 Å². The quantitative estimate of drug-likeness (QED) is 0.794. The van der Waals surface area contributed by atoms with Crippen molar-refractivity contribution >= 4 is 33.2 Å². The molecule has 0 amide bonds. The van der Waals surface area contributed by atoms with Crippen molar-refractivity contribution in [2.45, 2.75) is 13.0 Å². The van der Waals surface area contributed by atoms with Crippen LogP contribution in [-0.4, -0.2) is 0 Å². The standard InChI is InChI=1S/C14H12BrClFN/c1-9(10-2-4-11(15)5-3-10)18-12-6-7-14(17)13(16)8-12/h2-9,18H,1H3. The van der Waals surface area contributed by atoms with Gasteiger partial charge in [-0.2, -0.15) is 0 Å². The molecule has 0 saturated carbocycles. The molecular formula is C14H12BrClFN. The molecule has 1 unspecified atom stereocenters. The van der Waals surface area contributed by atoms with E-state index < -0.39 is 5.82 Å². The predicted molar refractivity (Wildman–Crippen MR) is 77.6 cm³/mol. The van der Waals surface area contributed by atoms with E-state index in [9.17, 15) is 4.39 Å². The van der Waals surface area contributed by atoms with Crippen molar-refractivity contribution < 1.29 is 4.39 Å². The minimum Gasteiger partial charge on any atom is -0.378 e. The maximum absolute atomic E-state index is 13.0. The average Bonchev–Trinajstić information content (AvgIpc) is 2.34. The van der Waals surface area contributed by atoms with Crippen LogP contribution >= 0.6 is 27.5 Å². The molecule has 0 aliphatic carbocycles. The Morgan fingerprint density at radius 1 is 1.17 bits per heavy atom. The maximum atomic E-state index is 13.0. The minimum absolute atomic E-state index is 0.125. The minimum atomic E-state index is -0.404. The molecule has 0 bridgehead atoms. The summed E-state index contributed by atoms with van der Waals surface area (Å²) in [7, 11) is 0. The number of hydrogen-bond acceptors (Lipinski definition) is 1. The van der Waals surface area contributed by atoms with Crippen LogP contribution in [0.5, 0.6) is 0 Å². The highest BCUT2D eigenvalue weighted by Crippen LogP contribution is 2.24. The van der Waals surface area contributed by atoms with E-state index in [2.05, 4.69) is 21.2 Å². The van der Waals surface area contributed by atoms with Gasteiger partial charge >= 0.3 is 0 Å². The molecule has 1 nitrogen and oxygen atoms in total. The SMILES string of the molecule is CC(Nc1ccc(F)c(Cl)c1)c1ccc(Br)cc1. The Morgan fingerprint density at radius 2 is 1.83 bits per heavy atom. The second-order valence-electron chi connectivity index (χ2n) is 4.05. The van der Waals surface area contributed by atoms with Crippen LogP contribution in [0.4, 0.5) is 10.1 Å². The van der Waals surface area contributed by atoms with Crippen LogP contribution in [0, 0.1) is 5.82 Å². The lowest BCUT2D eigenvalue weighted by atomic mass is 10.1. The summed E-state index contributed by atoms with van der Waals surface area (Å²) in [5.74, 6) is -0.404. The molecular weight excluding hydrogens is 317 g/mol. The highest BCUT2D eigenvalue weighted by atomic mass is 79.9. The average molecular weight is 329 g/mol. The van der Waals surface area contributed by atoms with Crippen molar-refractivity contribution in [3.8, 4) is 0 Å². The molecule has 2 aromatic rings. The zero-order chi connectivity index (χ0) is 13.1. The summed E-state index contributed by atoms with van der Waals surface area (Å²) < 4.78 is 14.1. The Balaban J connectivity index is 2.13. The lowest BCUT2D eigenvalue weighted by Crippen LogP contribution is -2.06. The highest BCUT2D eigenvalue weighted by Gasteiger charge is 2.06. The van der Waals surface area contributed by atoms with E-state index in [1.54, 1.807) is 12.1 Å². The summed E-state index contributed by atoms with van der Waals surface area (Å²) in [5, 5.41) is 3.41. The molecule has 2 aromatic carbocycles. The first-order valence-electron chi connectivity index (χ1n) is 5.53. The van der Waals surface area contributed by atoms with E-state index in [4.69, 9.17) is 11.6 Å². The van der Waals surface area contributed by atoms with Crippen LogP contribution in [0.25, 0.3) is 0 Å². The lowest BCUT2D eigenvalue weighted by Gasteiger charge is -2.16. The van der Waals surface area contributed by atoms with Gasteiger partial charge in [0, 0.05) is 16.2 Å². The Labute approximate surface area is 119 Å². The van der Waals surface area contributed by atoms with Crippen LogP contribution in [-0.2, 0) is 0 Å². The van der Waals surface area contributed by atoms with Gasteiger partial charge in [-0.3, -0.25) is 0 Å². The fourth-order valence-electron chi connectivity index (χ4n) is 1.67. The third kappa shape index (κ3) is 3.24. The second kappa shape index (κ2) is 5.72. The fourth-order valence-corrected chi connectivity index (χ4v) is 2.12. The number of anilines is 1. The molecule has 0 spiro atoms. The predicted octanol–water partition coefficient (Wildman–Crippen LogP) is 5.41. The molecule has 0 aliphatic rings. The largest absolute Gasteiger partial charge is 0.378 e. The second-order valence-corrected chi connectivity index (χ2v) is 5.37. The molecule has 18 heavy (non-hydrogen) atoms. The zero-order valence-electron chi connectivity index (χ0n) is 9.75. The first-order valence-corrected chi connectivity index (χ1v) is 6.70. The topological polar surface area (TPSA) is 12.0 Å². The molecule has 0 heterocycles. The zero-order valence-corrected chi connectivity index (χ0v) is 12.1. The summed E-state index contributed by atoms with van der Waals surface area (Å²) in [6, 6.07) is 12.8. The van der Waals surface area contributed by atoms with Gasteiger partial charge in [-0.15, -0.1) is 0 Å². The summed E-state index contributed by atoms with van der Waals surface area (Å²) in [4.78, 5) is 0. The Bertz CT molecular complexity index is 542. The molecule has 1 atom stereocenters. The van der Waals surface area contributed by atoms with Crippen LogP contribution in [0.2, 0.25) is 5.02 Å². The normalized spacial score (nSPS) is 12.2. The summed E-state index contributed by atoms with van der Waals surface area (Å²) in [6.45, 7) is 2.04. The number of rotatable bonds is 3. The molecule has 94 valence electrons. The van der Waals surface area contributed by atoms with Crippen LogP contribution in [0.15, 0.2) is 46.9 Å². The van der Waals surface area contributed by atoms with Gasteiger partial charge in [-0.25, -0.2) is 4.39 Å². The van der Waals surface area contributed by atoms with Crippen LogP contribution < -0.4 is 5.32 Å². The van der Waals surface area contributed by atoms with Gasteiger partial charge in [0.25, 0.3) is 0 Å². The Kier molecular flexibility index (Phi) is 4.25. The molecule has 0 aromatic heterocycles. The van der Waals surface area contributed by atoms with Crippen LogP contribution in [0.1, 0.15) is 18.5 Å². The van der Waals surface area contributed by atoms with Gasteiger partial charge in [0.2, 0.25) is 0 Å². The molecule has 0 saturated heterocycles. The van der Waals surface area contributed by atoms with Crippen molar-refractivity contribution in [2.75, 3.05) is 5.32 Å². The summed E-state index contributed by atoms with van der Waals surface area (Å²) in [5.41, 5.74) is 1.95. The molecule has 4 heteroatoms. The fraction of sp³-hybridized carbons (Fsp3) is 0.143. The van der Waals surface area contributed by atoms with Crippen LogP contribution in [0.3, 0.4) is 0 Å². The lowest BCUT2D eigenvalue weighted by molar-refractivity contribution is 0.628. The highest BCUT2D eigenvalue weighted by molar-refractivity contribution is 9.10. The van der Waals surface area contributed by atoms with Gasteiger partial charge < -0.3 is 5.32 Å². The first kappa shape index (κ1) is 13.4. The van der Waals surface area contributed by atoms with Crippen molar-refractivity contribution in [1.82, 2.24) is 0 Å². The first-order chi connectivity index (χ1) is 8.56. The maximum Gasteiger partial charge on any atom is 0.141 e.